The third-order valence-corrected chi connectivity index (χ3v) is 8.59. The zero-order valence-corrected chi connectivity index (χ0v) is 26.7. The van der Waals surface area contributed by atoms with Crippen molar-refractivity contribution in [2.75, 3.05) is 5.32 Å². The summed E-state index contributed by atoms with van der Waals surface area (Å²) in [5.41, 5.74) is -2.25. The van der Waals surface area contributed by atoms with Crippen LogP contribution in [0.15, 0.2) is 30.5 Å². The Morgan fingerprint density at radius 2 is 1.70 bits per heavy atom. The number of carbonyl (C=O) groups is 4. The van der Waals surface area contributed by atoms with Crippen LogP contribution in [0, 0.1) is 23.6 Å². The van der Waals surface area contributed by atoms with Crippen LogP contribution in [0.3, 0.4) is 0 Å². The summed E-state index contributed by atoms with van der Waals surface area (Å²) in [6.07, 6.45) is -1.90. The number of halogens is 4. The number of hydrogen-bond donors (Lipinski definition) is 4. The molecule has 46 heavy (non-hydrogen) atoms. The Labute approximate surface area is 266 Å². The van der Waals surface area contributed by atoms with Crippen molar-refractivity contribution in [2.45, 2.75) is 88.8 Å². The van der Waals surface area contributed by atoms with E-state index in [0.717, 1.165) is 37.8 Å². The van der Waals surface area contributed by atoms with Crippen molar-refractivity contribution in [3.63, 3.8) is 0 Å². The Bertz CT molecular complexity index is 1470. The monoisotopic (exact) mass is 666 g/mol. The van der Waals surface area contributed by atoms with Gasteiger partial charge in [-0.2, -0.15) is 18.3 Å². The Hall–Kier alpha value is -3.95. The van der Waals surface area contributed by atoms with Crippen molar-refractivity contribution in [1.82, 2.24) is 20.4 Å². The number of carboxylic acids is 1. The minimum absolute atomic E-state index is 0.109. The molecule has 2 aliphatic rings. The van der Waals surface area contributed by atoms with Gasteiger partial charge in [0.05, 0.1) is 15.9 Å². The van der Waals surface area contributed by atoms with Crippen molar-refractivity contribution in [3.8, 4) is 0 Å². The Kier molecular flexibility index (Phi) is 9.90. The number of anilines is 1. The highest BCUT2D eigenvalue weighted by molar-refractivity contribution is 6.32. The molecule has 0 spiro atoms. The lowest BCUT2D eigenvalue weighted by atomic mass is 9.87. The molecule has 0 aliphatic heterocycles. The van der Waals surface area contributed by atoms with Crippen molar-refractivity contribution >= 4 is 39.8 Å². The van der Waals surface area contributed by atoms with E-state index in [9.17, 15) is 37.5 Å². The molecule has 2 fully saturated rings. The Balaban J connectivity index is 1.63. The van der Waals surface area contributed by atoms with Crippen LogP contribution in [0.4, 0.5) is 28.0 Å². The quantitative estimate of drug-likeness (QED) is 0.194. The number of aliphatic carboxylic acids is 1. The second-order valence-corrected chi connectivity index (χ2v) is 13.5. The topological polar surface area (TPSA) is 152 Å². The van der Waals surface area contributed by atoms with Crippen LogP contribution in [0.1, 0.15) is 75.3 Å². The summed E-state index contributed by atoms with van der Waals surface area (Å²) in [5, 5.41) is 18.9. The van der Waals surface area contributed by atoms with Gasteiger partial charge in [-0.15, -0.1) is 0 Å². The van der Waals surface area contributed by atoms with Gasteiger partial charge in [-0.25, -0.2) is 14.0 Å². The van der Waals surface area contributed by atoms with Gasteiger partial charge in [-0.05, 0) is 94.9 Å². The van der Waals surface area contributed by atoms with Crippen molar-refractivity contribution < 1.29 is 46.6 Å². The summed E-state index contributed by atoms with van der Waals surface area (Å²) in [7, 11) is 3.56. The fourth-order valence-electron chi connectivity index (χ4n) is 5.65. The molecule has 0 bridgehead atoms. The summed E-state index contributed by atoms with van der Waals surface area (Å²) in [6.45, 7) is 6.50. The molecule has 2 unspecified atom stereocenters. The first-order chi connectivity index (χ1) is 21.4. The predicted octanol–water partition coefficient (Wildman–Crippen LogP) is 4.34. The lowest BCUT2D eigenvalue weighted by molar-refractivity contribution is -0.169. The van der Waals surface area contributed by atoms with Gasteiger partial charge >= 0.3 is 18.2 Å². The van der Waals surface area contributed by atoms with Gasteiger partial charge in [0, 0.05) is 12.7 Å². The van der Waals surface area contributed by atoms with Crippen LogP contribution < -0.4 is 16.0 Å². The highest BCUT2D eigenvalue weighted by Gasteiger charge is 2.55. The molecular formula is C30H36F4N5O6Si. The number of rotatable bonds is 12. The van der Waals surface area contributed by atoms with Crippen molar-refractivity contribution in [2.24, 2.45) is 17.8 Å². The fourth-order valence-corrected chi connectivity index (χ4v) is 6.30. The number of ether oxygens (including phenoxy) is 1. The molecule has 1 aromatic heterocycles. The van der Waals surface area contributed by atoms with Crippen LogP contribution >= 0.6 is 0 Å². The molecule has 1 heterocycles. The van der Waals surface area contributed by atoms with E-state index in [0.29, 0.717) is 12.6 Å². The normalized spacial score (nSPS) is 17.9. The molecule has 3 atom stereocenters. The van der Waals surface area contributed by atoms with Crippen LogP contribution in [0.5, 0.6) is 0 Å². The summed E-state index contributed by atoms with van der Waals surface area (Å²) >= 11 is 0. The molecule has 2 saturated carbocycles. The molecule has 4 N–H and O–H groups in total. The number of aryl methyl sites for hydroxylation is 1. The number of alkyl carbamates (subject to hydrolysis) is 1. The highest BCUT2D eigenvalue weighted by Crippen LogP contribution is 2.53. The van der Waals surface area contributed by atoms with E-state index in [2.05, 4.69) is 26.0 Å². The van der Waals surface area contributed by atoms with E-state index >= 15 is 4.39 Å². The number of carbonyl (C=O) groups excluding carboxylic acids is 3. The van der Waals surface area contributed by atoms with E-state index in [1.807, 2.05) is 0 Å². The minimum Gasteiger partial charge on any atom is -0.480 e. The number of hydrogen-bond acceptors (Lipinski definition) is 6. The van der Waals surface area contributed by atoms with Gasteiger partial charge in [-0.3, -0.25) is 14.3 Å². The smallest absolute Gasteiger partial charge is 0.408 e. The molecule has 16 heteroatoms. The molecular weight excluding hydrogens is 630 g/mol. The van der Waals surface area contributed by atoms with E-state index in [1.54, 1.807) is 12.2 Å². The number of nitrogens with zero attached hydrogens (tertiary/aromatic N) is 2. The predicted molar refractivity (Wildman–Crippen MR) is 157 cm³/mol. The Morgan fingerprint density at radius 1 is 1.09 bits per heavy atom. The first-order valence-corrected chi connectivity index (χ1v) is 15.3. The van der Waals surface area contributed by atoms with Gasteiger partial charge in [0.1, 0.15) is 34.2 Å². The maximum atomic E-state index is 15.5. The first kappa shape index (κ1) is 34.9. The minimum atomic E-state index is -5.24. The van der Waals surface area contributed by atoms with E-state index in [-0.39, 0.29) is 23.4 Å². The van der Waals surface area contributed by atoms with E-state index in [1.165, 1.54) is 37.7 Å². The van der Waals surface area contributed by atoms with Gasteiger partial charge < -0.3 is 25.8 Å². The number of benzene rings is 1. The molecule has 249 valence electrons. The molecule has 3 amide bonds. The van der Waals surface area contributed by atoms with E-state index in [4.69, 9.17) is 4.74 Å². The molecule has 1 aromatic carbocycles. The molecule has 4 rings (SSSR count). The molecule has 2 aliphatic carbocycles. The number of carboxylic acid groups (broad SMARTS) is 1. The number of amides is 3. The van der Waals surface area contributed by atoms with Crippen LogP contribution in [-0.4, -0.2) is 72.0 Å². The molecule has 11 nitrogen and oxygen atoms in total. The second-order valence-electron chi connectivity index (χ2n) is 12.7. The van der Waals surface area contributed by atoms with Crippen molar-refractivity contribution in [3.05, 3.63) is 47.5 Å². The average molecular weight is 667 g/mol. The first-order valence-electron chi connectivity index (χ1n) is 14.8. The third kappa shape index (κ3) is 8.06. The van der Waals surface area contributed by atoms with Crippen LogP contribution in [0.25, 0.3) is 0 Å². The zero-order chi connectivity index (χ0) is 34.2. The largest absolute Gasteiger partial charge is 0.480 e. The highest BCUT2D eigenvalue weighted by atomic mass is 28.1. The van der Waals surface area contributed by atoms with Crippen molar-refractivity contribution in [1.29, 1.82) is 0 Å². The summed E-state index contributed by atoms with van der Waals surface area (Å²) in [4.78, 5) is 51.3. The molecule has 3 radical (unpaired) electrons. The lowest BCUT2D eigenvalue weighted by Gasteiger charge is -2.38. The third-order valence-electron chi connectivity index (χ3n) is 7.90. The van der Waals surface area contributed by atoms with Crippen LogP contribution in [-0.2, 0) is 20.9 Å². The number of alkyl halides is 3. The van der Waals surface area contributed by atoms with E-state index < -0.39 is 69.8 Å². The summed E-state index contributed by atoms with van der Waals surface area (Å²) < 4.78 is 64.6. The van der Waals surface area contributed by atoms with Gasteiger partial charge in [-0.1, -0.05) is 6.07 Å². The molecule has 2 aromatic rings. The number of aromatic nitrogens is 2. The summed E-state index contributed by atoms with van der Waals surface area (Å²) in [5.74, 6) is -7.76. The molecule has 0 saturated heterocycles. The van der Waals surface area contributed by atoms with Gasteiger partial charge in [0.15, 0.2) is 0 Å². The fraction of sp³-hybridized carbons (Fsp3) is 0.567. The van der Waals surface area contributed by atoms with Gasteiger partial charge in [0.2, 0.25) is 5.91 Å². The van der Waals surface area contributed by atoms with Gasteiger partial charge in [0.25, 0.3) is 5.91 Å². The second kappa shape index (κ2) is 13.0. The lowest BCUT2D eigenvalue weighted by Crippen LogP contribution is -2.63. The average Bonchev–Trinajstić information content (AvgIpc) is 3.87. The van der Waals surface area contributed by atoms with Crippen LogP contribution in [0.2, 0.25) is 0 Å². The standard InChI is InChI=1S/C30H36F4N5O6Si/c1-5-39-20(12-13-35-39)24(40)38-29(46,21(15-6-7-15)16-8-9-16)26(43)36-19-11-10-17(14-18(19)31)22(30(32,33)34)23(25(41)42)37-27(44)45-28(2,3)4/h10-16,21-23H,5-9H2,1-4H3,(H,36,43)(H,37,44)(H,38,40)(H,41,42)/t22?,23?,29-/m0/s1. The maximum Gasteiger partial charge on any atom is 0.408 e. The number of nitrogens with one attached hydrogen (secondary N) is 3. The zero-order valence-electron chi connectivity index (χ0n) is 25.7. The maximum absolute atomic E-state index is 15.5. The SMILES string of the molecule is CCn1nccc1C(=O)N[C@@]([Si])(C(=O)Nc1ccc(C(C(NC(=O)OC(C)(C)C)C(=O)O)C(F)(F)F)cc1F)C(C1CC1)C1CC1. The summed E-state index contributed by atoms with van der Waals surface area (Å²) in [6, 6.07) is 1.07. The Morgan fingerprint density at radius 3 is 2.17 bits per heavy atom.